The summed E-state index contributed by atoms with van der Waals surface area (Å²) in [6, 6.07) is 1.99. The van der Waals surface area contributed by atoms with Crippen LogP contribution in [0.4, 0.5) is 0 Å². The fourth-order valence-corrected chi connectivity index (χ4v) is 2.13. The normalized spacial score (nSPS) is 10.8. The topological polar surface area (TPSA) is 38.9 Å². The highest BCUT2D eigenvalue weighted by atomic mass is 35.5. The van der Waals surface area contributed by atoms with Crippen LogP contribution in [-0.2, 0) is 6.54 Å². The first-order chi connectivity index (χ1) is 5.81. The monoisotopic (exact) mass is 198 g/mol. The molecule has 0 aromatic carbocycles. The second kappa shape index (κ2) is 3.01. The van der Waals surface area contributed by atoms with Crippen molar-refractivity contribution < 1.29 is 0 Å². The summed E-state index contributed by atoms with van der Waals surface area (Å²) in [5.41, 5.74) is 6.50. The Labute approximate surface area is 79.0 Å². The third kappa shape index (κ3) is 1.20. The van der Waals surface area contributed by atoms with Gasteiger partial charge < -0.3 is 5.73 Å². The molecule has 0 aliphatic heterocycles. The number of fused-ring (bicyclic) bond motifs is 1. The lowest BCUT2D eigenvalue weighted by Crippen LogP contribution is -1.95. The largest absolute Gasteiger partial charge is 0.326 e. The average molecular weight is 199 g/mol. The summed E-state index contributed by atoms with van der Waals surface area (Å²) >= 11 is 7.48. The molecule has 2 aromatic heterocycles. The Kier molecular flexibility index (Phi) is 2.00. The Morgan fingerprint density at radius 3 is 3.17 bits per heavy atom. The predicted octanol–water partition coefficient (Wildman–Crippen LogP) is 2.41. The zero-order chi connectivity index (χ0) is 8.55. The van der Waals surface area contributed by atoms with Crippen molar-refractivity contribution >= 4 is 33.2 Å². The van der Waals surface area contributed by atoms with Gasteiger partial charge in [-0.15, -0.1) is 11.3 Å². The van der Waals surface area contributed by atoms with E-state index in [9.17, 15) is 0 Å². The lowest BCUT2D eigenvalue weighted by atomic mass is 10.2. The van der Waals surface area contributed by atoms with Gasteiger partial charge in [0, 0.05) is 23.5 Å². The second-order valence-corrected chi connectivity index (χ2v) is 3.75. The number of hydrogen-bond donors (Lipinski definition) is 1. The molecule has 4 heteroatoms. The Morgan fingerprint density at radius 2 is 2.42 bits per heavy atom. The van der Waals surface area contributed by atoms with Crippen molar-refractivity contribution in [2.75, 3.05) is 0 Å². The first kappa shape index (κ1) is 7.98. The Hall–Kier alpha value is -0.640. The first-order valence-corrected chi connectivity index (χ1v) is 4.78. The number of halogens is 1. The standard InChI is InChI=1S/C8H7ClN2S/c9-7-4-12-8-6(7)1-5(2-10)3-11-8/h1,3-4H,2,10H2. The van der Waals surface area contributed by atoms with Gasteiger partial charge in [0.15, 0.2) is 0 Å². The number of thiophene rings is 1. The van der Waals surface area contributed by atoms with Crippen LogP contribution in [0.2, 0.25) is 5.02 Å². The van der Waals surface area contributed by atoms with Crippen molar-refractivity contribution in [2.45, 2.75) is 6.54 Å². The molecule has 0 amide bonds. The SMILES string of the molecule is NCc1cnc2scc(Cl)c2c1. The van der Waals surface area contributed by atoms with Gasteiger partial charge in [0.25, 0.3) is 0 Å². The third-order valence-corrected chi connectivity index (χ3v) is 3.02. The molecule has 62 valence electrons. The van der Waals surface area contributed by atoms with Gasteiger partial charge in [-0.05, 0) is 11.6 Å². The molecule has 2 aromatic rings. The molecule has 0 atom stereocenters. The molecule has 0 saturated heterocycles. The van der Waals surface area contributed by atoms with E-state index in [1.165, 1.54) is 0 Å². The highest BCUT2D eigenvalue weighted by Crippen LogP contribution is 2.28. The summed E-state index contributed by atoms with van der Waals surface area (Å²) < 4.78 is 0. The zero-order valence-corrected chi connectivity index (χ0v) is 7.82. The van der Waals surface area contributed by atoms with E-state index in [4.69, 9.17) is 17.3 Å². The van der Waals surface area contributed by atoms with Gasteiger partial charge in [-0.3, -0.25) is 0 Å². The first-order valence-electron chi connectivity index (χ1n) is 3.53. The summed E-state index contributed by atoms with van der Waals surface area (Å²) in [6.45, 7) is 0.509. The summed E-state index contributed by atoms with van der Waals surface area (Å²) in [5.74, 6) is 0. The van der Waals surface area contributed by atoms with Crippen LogP contribution in [0.5, 0.6) is 0 Å². The van der Waals surface area contributed by atoms with Crippen LogP contribution >= 0.6 is 22.9 Å². The molecular formula is C8H7ClN2S. The van der Waals surface area contributed by atoms with E-state index in [-0.39, 0.29) is 0 Å². The van der Waals surface area contributed by atoms with Crippen LogP contribution in [0.25, 0.3) is 10.2 Å². The lowest BCUT2D eigenvalue weighted by Gasteiger charge is -1.95. The molecular weight excluding hydrogens is 192 g/mol. The maximum absolute atomic E-state index is 5.93. The number of hydrogen-bond acceptors (Lipinski definition) is 3. The van der Waals surface area contributed by atoms with Crippen molar-refractivity contribution in [3.8, 4) is 0 Å². The molecule has 2 rings (SSSR count). The quantitative estimate of drug-likeness (QED) is 0.765. The maximum atomic E-state index is 5.93. The molecule has 12 heavy (non-hydrogen) atoms. The zero-order valence-electron chi connectivity index (χ0n) is 6.25. The van der Waals surface area contributed by atoms with Gasteiger partial charge in [-0.1, -0.05) is 11.6 Å². The van der Waals surface area contributed by atoms with Gasteiger partial charge >= 0.3 is 0 Å². The van der Waals surface area contributed by atoms with E-state index < -0.39 is 0 Å². The van der Waals surface area contributed by atoms with E-state index in [1.54, 1.807) is 17.5 Å². The molecule has 0 aliphatic rings. The van der Waals surface area contributed by atoms with Crippen molar-refractivity contribution in [1.29, 1.82) is 0 Å². The number of nitrogens with two attached hydrogens (primary N) is 1. The van der Waals surface area contributed by atoms with Crippen molar-refractivity contribution in [1.82, 2.24) is 4.98 Å². The average Bonchev–Trinajstić information content (AvgIpc) is 2.47. The lowest BCUT2D eigenvalue weighted by molar-refractivity contribution is 1.06. The molecule has 0 bridgehead atoms. The smallest absolute Gasteiger partial charge is 0.124 e. The molecule has 2 N–H and O–H groups in total. The van der Waals surface area contributed by atoms with Gasteiger partial charge in [-0.2, -0.15) is 0 Å². The Balaban J connectivity index is 2.71. The fourth-order valence-electron chi connectivity index (χ4n) is 1.04. The van der Waals surface area contributed by atoms with Gasteiger partial charge in [-0.25, -0.2) is 4.98 Å². The molecule has 0 saturated carbocycles. The molecule has 0 radical (unpaired) electrons. The Bertz CT molecular complexity index is 410. The number of pyridine rings is 1. The number of rotatable bonds is 1. The van der Waals surface area contributed by atoms with Gasteiger partial charge in [0.05, 0.1) is 5.02 Å². The van der Waals surface area contributed by atoms with Crippen LogP contribution in [0.3, 0.4) is 0 Å². The highest BCUT2D eigenvalue weighted by Gasteiger charge is 2.02. The van der Waals surface area contributed by atoms with E-state index in [0.717, 1.165) is 20.8 Å². The van der Waals surface area contributed by atoms with E-state index in [2.05, 4.69) is 4.98 Å². The van der Waals surface area contributed by atoms with E-state index in [0.29, 0.717) is 6.54 Å². The highest BCUT2D eigenvalue weighted by molar-refractivity contribution is 7.17. The minimum atomic E-state index is 0.509. The third-order valence-electron chi connectivity index (χ3n) is 1.67. The predicted molar refractivity (Wildman–Crippen MR) is 52.5 cm³/mol. The van der Waals surface area contributed by atoms with Gasteiger partial charge in [0.1, 0.15) is 4.83 Å². The van der Waals surface area contributed by atoms with Crippen molar-refractivity contribution in [3.05, 3.63) is 28.2 Å². The minimum Gasteiger partial charge on any atom is -0.326 e. The van der Waals surface area contributed by atoms with E-state index >= 15 is 0 Å². The summed E-state index contributed by atoms with van der Waals surface area (Å²) in [6.07, 6.45) is 1.79. The number of aromatic nitrogens is 1. The van der Waals surface area contributed by atoms with Crippen LogP contribution in [0.15, 0.2) is 17.6 Å². The molecule has 2 heterocycles. The van der Waals surface area contributed by atoms with Crippen LogP contribution in [0, 0.1) is 0 Å². The molecule has 0 unspecified atom stereocenters. The second-order valence-electron chi connectivity index (χ2n) is 2.48. The molecule has 0 aliphatic carbocycles. The molecule has 0 fully saturated rings. The van der Waals surface area contributed by atoms with Crippen LogP contribution < -0.4 is 5.73 Å². The minimum absolute atomic E-state index is 0.509. The summed E-state index contributed by atoms with van der Waals surface area (Å²) in [7, 11) is 0. The summed E-state index contributed by atoms with van der Waals surface area (Å²) in [5, 5.41) is 3.65. The van der Waals surface area contributed by atoms with E-state index in [1.807, 2.05) is 11.4 Å². The maximum Gasteiger partial charge on any atom is 0.124 e. The van der Waals surface area contributed by atoms with Crippen LogP contribution in [-0.4, -0.2) is 4.98 Å². The van der Waals surface area contributed by atoms with Crippen molar-refractivity contribution in [3.63, 3.8) is 0 Å². The van der Waals surface area contributed by atoms with Crippen LogP contribution in [0.1, 0.15) is 5.56 Å². The van der Waals surface area contributed by atoms with Gasteiger partial charge in [0.2, 0.25) is 0 Å². The summed E-state index contributed by atoms with van der Waals surface area (Å²) in [4.78, 5) is 5.20. The molecule has 0 spiro atoms. The fraction of sp³-hybridized carbons (Fsp3) is 0.125. The number of nitrogens with zero attached hydrogens (tertiary/aromatic N) is 1. The van der Waals surface area contributed by atoms with Crippen molar-refractivity contribution in [2.24, 2.45) is 5.73 Å². The molecule has 2 nitrogen and oxygen atoms in total. The Morgan fingerprint density at radius 1 is 1.58 bits per heavy atom.